The lowest BCUT2D eigenvalue weighted by Gasteiger charge is -2.58. The number of thiophene rings is 1. The molecule has 1 aromatic heterocycles. The van der Waals surface area contributed by atoms with Crippen molar-refractivity contribution in [1.29, 1.82) is 0 Å². The number of halogens is 2. The summed E-state index contributed by atoms with van der Waals surface area (Å²) in [5.74, 6) is 0.903. The van der Waals surface area contributed by atoms with Gasteiger partial charge in [0.1, 0.15) is 17.5 Å². The zero-order chi connectivity index (χ0) is 25.0. The van der Waals surface area contributed by atoms with Gasteiger partial charge in [0.15, 0.2) is 5.75 Å². The SMILES string of the molecule is O=C(N[C@H](C(=O)O)C12CC3CC(CC(C3)C1)C2)c1sc2ccccc2c1OCc1ccc(Cl)c(Cl)c1. The lowest BCUT2D eigenvalue weighted by Crippen LogP contribution is -2.59. The fourth-order valence-corrected chi connectivity index (χ4v) is 8.68. The van der Waals surface area contributed by atoms with Crippen molar-refractivity contribution in [3.05, 3.63) is 63.0 Å². The van der Waals surface area contributed by atoms with Crippen LogP contribution in [0.3, 0.4) is 0 Å². The van der Waals surface area contributed by atoms with Crippen LogP contribution >= 0.6 is 34.5 Å². The average molecular weight is 545 g/mol. The molecule has 4 aliphatic carbocycles. The normalized spacial score (nSPS) is 27.2. The van der Waals surface area contributed by atoms with Gasteiger partial charge in [-0.05, 0) is 86.1 Å². The Balaban J connectivity index is 1.29. The van der Waals surface area contributed by atoms with Crippen LogP contribution in [0.2, 0.25) is 10.0 Å². The Morgan fingerprint density at radius 3 is 2.33 bits per heavy atom. The third kappa shape index (κ3) is 4.27. The molecule has 7 rings (SSSR count). The molecule has 0 unspecified atom stereocenters. The van der Waals surface area contributed by atoms with Crippen molar-refractivity contribution in [2.75, 3.05) is 0 Å². The van der Waals surface area contributed by atoms with Crippen molar-refractivity contribution in [2.24, 2.45) is 23.2 Å². The first-order chi connectivity index (χ1) is 17.3. The topological polar surface area (TPSA) is 75.6 Å². The number of benzene rings is 2. The fraction of sp³-hybridized carbons (Fsp3) is 0.429. The molecule has 0 aliphatic heterocycles. The number of rotatable bonds is 7. The molecule has 1 heterocycles. The van der Waals surface area contributed by atoms with E-state index in [0.717, 1.165) is 34.9 Å². The molecule has 0 radical (unpaired) electrons. The Morgan fingerprint density at radius 2 is 1.69 bits per heavy atom. The van der Waals surface area contributed by atoms with Gasteiger partial charge in [-0.15, -0.1) is 11.3 Å². The monoisotopic (exact) mass is 543 g/mol. The van der Waals surface area contributed by atoms with Crippen molar-refractivity contribution in [2.45, 2.75) is 51.2 Å². The van der Waals surface area contributed by atoms with Crippen LogP contribution in [0.15, 0.2) is 42.5 Å². The first kappa shape index (κ1) is 24.1. The number of carboxylic acids is 1. The van der Waals surface area contributed by atoms with E-state index in [1.807, 2.05) is 30.3 Å². The highest BCUT2D eigenvalue weighted by molar-refractivity contribution is 7.21. The van der Waals surface area contributed by atoms with E-state index in [1.165, 1.54) is 30.6 Å². The lowest BCUT2D eigenvalue weighted by molar-refractivity contribution is -0.150. The van der Waals surface area contributed by atoms with Gasteiger partial charge in [-0.3, -0.25) is 4.79 Å². The van der Waals surface area contributed by atoms with E-state index in [0.29, 0.717) is 38.4 Å². The average Bonchev–Trinajstić information content (AvgIpc) is 3.21. The first-order valence-electron chi connectivity index (χ1n) is 12.4. The number of fused-ring (bicyclic) bond motifs is 1. The molecule has 8 heteroatoms. The number of carboxylic acid groups (broad SMARTS) is 1. The maximum absolute atomic E-state index is 13.7. The van der Waals surface area contributed by atoms with E-state index in [1.54, 1.807) is 12.1 Å². The second-order valence-corrected chi connectivity index (χ2v) is 12.7. The van der Waals surface area contributed by atoms with E-state index in [9.17, 15) is 14.7 Å². The molecular formula is C28H27Cl2NO4S. The van der Waals surface area contributed by atoms with Crippen LogP contribution in [0.1, 0.15) is 53.8 Å². The van der Waals surface area contributed by atoms with E-state index >= 15 is 0 Å². The van der Waals surface area contributed by atoms with Gasteiger partial charge in [-0.1, -0.05) is 41.4 Å². The Bertz CT molecular complexity index is 1320. The number of ether oxygens (including phenoxy) is 1. The van der Waals surface area contributed by atoms with Crippen molar-refractivity contribution in [1.82, 2.24) is 5.32 Å². The molecule has 3 aromatic rings. The quantitative estimate of drug-likeness (QED) is 0.330. The van der Waals surface area contributed by atoms with E-state index < -0.39 is 12.0 Å². The lowest BCUT2D eigenvalue weighted by atomic mass is 9.47. The first-order valence-corrected chi connectivity index (χ1v) is 14.0. The molecule has 4 bridgehead atoms. The van der Waals surface area contributed by atoms with E-state index in [2.05, 4.69) is 5.32 Å². The molecular weight excluding hydrogens is 517 g/mol. The molecule has 4 fully saturated rings. The van der Waals surface area contributed by atoms with Gasteiger partial charge >= 0.3 is 5.97 Å². The minimum absolute atomic E-state index is 0.204. The van der Waals surface area contributed by atoms with Crippen molar-refractivity contribution in [3.63, 3.8) is 0 Å². The maximum Gasteiger partial charge on any atom is 0.326 e. The van der Waals surface area contributed by atoms with Crippen LogP contribution in [0.4, 0.5) is 0 Å². The van der Waals surface area contributed by atoms with Gasteiger partial charge < -0.3 is 15.2 Å². The zero-order valence-electron chi connectivity index (χ0n) is 19.6. The maximum atomic E-state index is 13.7. The highest BCUT2D eigenvalue weighted by Crippen LogP contribution is 2.61. The largest absolute Gasteiger partial charge is 0.487 e. The minimum atomic E-state index is -0.940. The molecule has 36 heavy (non-hydrogen) atoms. The number of aliphatic carboxylic acids is 1. The summed E-state index contributed by atoms with van der Waals surface area (Å²) in [7, 11) is 0. The summed E-state index contributed by atoms with van der Waals surface area (Å²) in [5.41, 5.74) is 0.469. The van der Waals surface area contributed by atoms with Gasteiger partial charge in [0, 0.05) is 15.5 Å². The number of hydrogen-bond acceptors (Lipinski definition) is 4. The third-order valence-electron chi connectivity index (χ3n) is 8.34. The minimum Gasteiger partial charge on any atom is -0.487 e. The number of carbonyl (C=O) groups excluding carboxylic acids is 1. The standard InChI is InChI=1S/C28H27Cl2NO4S/c29-20-6-5-15(10-21(20)30)14-35-23-19-3-1-2-4-22(19)36-24(23)26(32)31-25(27(33)34)28-11-16-7-17(12-28)9-18(8-16)13-28/h1-6,10,16-18,25H,7-9,11-14H2,(H,31,32)(H,33,34)/t16?,17?,18?,25-,28?/m1/s1. The van der Waals surface area contributed by atoms with Crippen molar-refractivity contribution < 1.29 is 19.4 Å². The highest BCUT2D eigenvalue weighted by atomic mass is 35.5. The molecule has 188 valence electrons. The molecule has 1 amide bonds. The van der Waals surface area contributed by atoms with E-state index in [4.69, 9.17) is 27.9 Å². The predicted octanol–water partition coefficient (Wildman–Crippen LogP) is 7.19. The summed E-state index contributed by atoms with van der Waals surface area (Å²) in [5, 5.41) is 15.0. The van der Waals surface area contributed by atoms with Gasteiger partial charge in [0.2, 0.25) is 0 Å². The number of amides is 1. The molecule has 2 aromatic carbocycles. The molecule has 0 spiro atoms. The summed E-state index contributed by atoms with van der Waals surface area (Å²) >= 11 is 13.5. The summed E-state index contributed by atoms with van der Waals surface area (Å²) in [6.45, 7) is 0.204. The Kier molecular flexibility index (Phi) is 6.17. The molecule has 2 N–H and O–H groups in total. The number of hydrogen-bond donors (Lipinski definition) is 2. The third-order valence-corrected chi connectivity index (χ3v) is 10.2. The number of carbonyl (C=O) groups is 2. The Hall–Kier alpha value is -2.28. The highest BCUT2D eigenvalue weighted by Gasteiger charge is 2.56. The van der Waals surface area contributed by atoms with Crippen LogP contribution in [-0.2, 0) is 11.4 Å². The van der Waals surface area contributed by atoms with E-state index in [-0.39, 0.29) is 17.9 Å². The van der Waals surface area contributed by atoms with Crippen LogP contribution < -0.4 is 10.1 Å². The summed E-state index contributed by atoms with van der Waals surface area (Å²) in [4.78, 5) is 26.6. The molecule has 1 atom stereocenters. The molecule has 4 saturated carbocycles. The fourth-order valence-electron chi connectivity index (χ4n) is 7.30. The van der Waals surface area contributed by atoms with Crippen LogP contribution in [0.25, 0.3) is 10.1 Å². The summed E-state index contributed by atoms with van der Waals surface area (Å²) < 4.78 is 7.09. The van der Waals surface area contributed by atoms with Crippen molar-refractivity contribution in [3.8, 4) is 5.75 Å². The second kappa shape index (κ2) is 9.23. The van der Waals surface area contributed by atoms with Crippen molar-refractivity contribution >= 4 is 56.5 Å². The van der Waals surface area contributed by atoms with Gasteiger partial charge in [0.25, 0.3) is 5.91 Å². The number of nitrogens with one attached hydrogen (secondary N) is 1. The Labute approximate surface area is 223 Å². The smallest absolute Gasteiger partial charge is 0.326 e. The summed E-state index contributed by atoms with van der Waals surface area (Å²) in [6, 6.07) is 12.1. The Morgan fingerprint density at radius 1 is 1.03 bits per heavy atom. The van der Waals surface area contributed by atoms with Crippen LogP contribution in [0.5, 0.6) is 5.75 Å². The van der Waals surface area contributed by atoms with Gasteiger partial charge in [-0.2, -0.15) is 0 Å². The van der Waals surface area contributed by atoms with Gasteiger partial charge in [0.05, 0.1) is 10.0 Å². The van der Waals surface area contributed by atoms with Crippen LogP contribution in [-0.4, -0.2) is 23.0 Å². The molecule has 4 aliphatic rings. The van der Waals surface area contributed by atoms with Crippen LogP contribution in [0, 0.1) is 23.2 Å². The molecule has 5 nitrogen and oxygen atoms in total. The molecule has 0 saturated heterocycles. The zero-order valence-corrected chi connectivity index (χ0v) is 22.0. The predicted molar refractivity (Wildman–Crippen MR) is 142 cm³/mol. The summed E-state index contributed by atoms with van der Waals surface area (Å²) in [6.07, 6.45) is 6.31. The van der Waals surface area contributed by atoms with Gasteiger partial charge in [-0.25, -0.2) is 4.79 Å². The second-order valence-electron chi connectivity index (χ2n) is 10.8.